The van der Waals surface area contributed by atoms with Crippen LogP contribution in [0.2, 0.25) is 0 Å². The van der Waals surface area contributed by atoms with Crippen LogP contribution in [0.3, 0.4) is 0 Å². The number of aliphatic hydroxyl groups excluding tert-OH is 1. The van der Waals surface area contributed by atoms with Gasteiger partial charge in [-0.25, -0.2) is 4.39 Å². The van der Waals surface area contributed by atoms with Crippen molar-refractivity contribution in [1.29, 1.82) is 0 Å². The zero-order valence-corrected chi connectivity index (χ0v) is 20.6. The Morgan fingerprint density at radius 1 is 1.14 bits per heavy atom. The molecule has 37 heavy (non-hydrogen) atoms. The summed E-state index contributed by atoms with van der Waals surface area (Å²) >= 11 is 0. The van der Waals surface area contributed by atoms with Crippen molar-refractivity contribution < 1.29 is 27.4 Å². The molecule has 196 valence electrons. The van der Waals surface area contributed by atoms with Gasteiger partial charge in [0, 0.05) is 30.3 Å². The molecule has 1 saturated heterocycles. The zero-order valence-electron chi connectivity index (χ0n) is 20.6. The first-order valence-electron chi connectivity index (χ1n) is 12.3. The first kappa shape index (κ1) is 26.9. The molecule has 4 nitrogen and oxygen atoms in total. The number of pyridine rings is 1. The molecule has 1 N–H and O–H groups in total. The average molecular weight is 515 g/mol. The van der Waals surface area contributed by atoms with E-state index < -0.39 is 17.9 Å². The number of alkyl halides is 4. The van der Waals surface area contributed by atoms with Gasteiger partial charge < -0.3 is 9.84 Å². The largest absolute Gasteiger partial charge is 0.497 e. The lowest BCUT2D eigenvalue weighted by molar-refractivity contribution is -0.137. The van der Waals surface area contributed by atoms with E-state index in [4.69, 9.17) is 4.74 Å². The van der Waals surface area contributed by atoms with Crippen LogP contribution in [0.25, 0.3) is 10.9 Å². The maximum absolute atomic E-state index is 15.4. The quantitative estimate of drug-likeness (QED) is 0.309. The van der Waals surface area contributed by atoms with Crippen LogP contribution in [0.15, 0.2) is 54.7 Å². The number of nitrogens with zero attached hydrogens (tertiary/aromatic N) is 2. The number of benzene rings is 2. The molecular formula is C29H30F4N2O2. The molecule has 3 atom stereocenters. The van der Waals surface area contributed by atoms with Gasteiger partial charge in [0.05, 0.1) is 24.7 Å². The molecule has 0 saturated carbocycles. The summed E-state index contributed by atoms with van der Waals surface area (Å²) in [7, 11) is 1.58. The van der Waals surface area contributed by atoms with E-state index >= 15 is 4.39 Å². The molecule has 1 aliphatic heterocycles. The van der Waals surface area contributed by atoms with Crippen molar-refractivity contribution in [2.45, 2.75) is 31.6 Å². The van der Waals surface area contributed by atoms with Crippen LogP contribution in [0, 0.1) is 23.7 Å². The zero-order chi connectivity index (χ0) is 26.4. The summed E-state index contributed by atoms with van der Waals surface area (Å²) in [6.07, 6.45) is -2.06. The molecule has 0 bridgehead atoms. The second-order valence-corrected chi connectivity index (χ2v) is 9.43. The Kier molecular flexibility index (Phi) is 8.67. The molecule has 1 fully saturated rings. The number of hydrogen-bond donors (Lipinski definition) is 1. The van der Waals surface area contributed by atoms with E-state index in [1.807, 2.05) is 12.1 Å². The third-order valence-electron chi connectivity index (χ3n) is 7.07. The van der Waals surface area contributed by atoms with Crippen LogP contribution in [0.1, 0.15) is 42.1 Å². The van der Waals surface area contributed by atoms with Crippen molar-refractivity contribution >= 4 is 10.9 Å². The second-order valence-electron chi connectivity index (χ2n) is 9.43. The van der Waals surface area contributed by atoms with Gasteiger partial charge >= 0.3 is 6.18 Å². The van der Waals surface area contributed by atoms with Crippen molar-refractivity contribution in [3.05, 3.63) is 71.4 Å². The second kappa shape index (κ2) is 11.9. The minimum absolute atomic E-state index is 0.0137. The Balaban J connectivity index is 1.32. The number of methoxy groups -OCH3 is 1. The summed E-state index contributed by atoms with van der Waals surface area (Å²) in [4.78, 5) is 6.45. The van der Waals surface area contributed by atoms with Gasteiger partial charge in [0.15, 0.2) is 0 Å². The lowest BCUT2D eigenvalue weighted by Crippen LogP contribution is -2.42. The number of fused-ring (bicyclic) bond motifs is 1. The predicted molar refractivity (Wildman–Crippen MR) is 135 cm³/mol. The molecule has 8 heteroatoms. The van der Waals surface area contributed by atoms with Gasteiger partial charge in [-0.3, -0.25) is 9.88 Å². The van der Waals surface area contributed by atoms with Crippen molar-refractivity contribution in [2.75, 3.05) is 33.4 Å². The summed E-state index contributed by atoms with van der Waals surface area (Å²) in [5.41, 5.74) is 1.15. The van der Waals surface area contributed by atoms with Gasteiger partial charge in [-0.2, -0.15) is 13.2 Å². The van der Waals surface area contributed by atoms with E-state index in [9.17, 15) is 18.3 Å². The van der Waals surface area contributed by atoms with Crippen molar-refractivity contribution in [2.24, 2.45) is 11.8 Å². The number of halogens is 4. The third-order valence-corrected chi connectivity index (χ3v) is 7.07. The highest BCUT2D eigenvalue weighted by molar-refractivity contribution is 5.83. The fourth-order valence-corrected chi connectivity index (χ4v) is 4.95. The molecule has 4 rings (SSSR count). The summed E-state index contributed by atoms with van der Waals surface area (Å²) in [5.74, 6) is 6.81. The van der Waals surface area contributed by atoms with Gasteiger partial charge in [0.2, 0.25) is 0 Å². The van der Waals surface area contributed by atoms with Crippen LogP contribution >= 0.6 is 0 Å². The van der Waals surface area contributed by atoms with Crippen molar-refractivity contribution in [3.8, 4) is 17.6 Å². The highest BCUT2D eigenvalue weighted by Crippen LogP contribution is 2.35. The topological polar surface area (TPSA) is 45.6 Å². The Hall–Kier alpha value is -3.15. The molecule has 0 aliphatic carbocycles. The number of aromatic nitrogens is 1. The Morgan fingerprint density at radius 2 is 1.92 bits per heavy atom. The molecule has 0 unspecified atom stereocenters. The SMILES string of the molecule is COc1ccc2nccc([C@H](F)CC[C@@H]3CCN(CC#Cc4ccc(C(F)(F)F)cc4)C[C@@H]3CO)c2c1. The van der Waals surface area contributed by atoms with Gasteiger partial charge in [-0.05, 0) is 91.7 Å². The Labute approximate surface area is 214 Å². The van der Waals surface area contributed by atoms with Crippen LogP contribution in [-0.4, -0.2) is 48.3 Å². The molecule has 0 amide bonds. The normalized spacial score (nSPS) is 19.3. The number of hydrogen-bond acceptors (Lipinski definition) is 4. The molecule has 0 spiro atoms. The molecule has 0 radical (unpaired) electrons. The third kappa shape index (κ3) is 6.79. The van der Waals surface area contributed by atoms with Crippen LogP contribution in [-0.2, 0) is 6.18 Å². The average Bonchev–Trinajstić information content (AvgIpc) is 2.91. The van der Waals surface area contributed by atoms with Crippen LogP contribution in [0.4, 0.5) is 17.6 Å². The monoisotopic (exact) mass is 514 g/mol. The highest BCUT2D eigenvalue weighted by Gasteiger charge is 2.30. The number of rotatable bonds is 7. The Morgan fingerprint density at radius 3 is 2.62 bits per heavy atom. The molecule has 1 aromatic heterocycles. The van der Waals surface area contributed by atoms with E-state index in [2.05, 4.69) is 21.7 Å². The lowest BCUT2D eigenvalue weighted by atomic mass is 9.81. The highest BCUT2D eigenvalue weighted by atomic mass is 19.4. The van der Waals surface area contributed by atoms with Gasteiger partial charge in [0.25, 0.3) is 0 Å². The minimum Gasteiger partial charge on any atom is -0.497 e. The fourth-order valence-electron chi connectivity index (χ4n) is 4.95. The van der Waals surface area contributed by atoms with Crippen molar-refractivity contribution in [1.82, 2.24) is 9.88 Å². The summed E-state index contributed by atoms with van der Waals surface area (Å²) < 4.78 is 58.7. The van der Waals surface area contributed by atoms with E-state index in [-0.39, 0.29) is 18.4 Å². The van der Waals surface area contributed by atoms with Gasteiger partial charge in [0.1, 0.15) is 11.9 Å². The summed E-state index contributed by atoms with van der Waals surface area (Å²) in [6, 6.07) is 11.9. The summed E-state index contributed by atoms with van der Waals surface area (Å²) in [5, 5.41) is 10.7. The standard InChI is InChI=1S/C29H30F4N2O2/c1-37-24-9-11-28-26(17-24)25(12-14-34-28)27(30)10-6-21-13-16-35(18-22(21)19-36)15-2-3-20-4-7-23(8-5-20)29(31,32)33/h4-5,7-9,11-12,14,17,21-22,27,36H,6,10,13,15-16,18-19H2,1H3/t21-,22-,27-/m1/s1. The van der Waals surface area contributed by atoms with Gasteiger partial charge in [-0.1, -0.05) is 11.8 Å². The van der Waals surface area contributed by atoms with E-state index in [1.54, 1.807) is 25.4 Å². The maximum atomic E-state index is 15.4. The molecule has 1 aliphatic rings. The number of ether oxygens (including phenoxy) is 1. The van der Waals surface area contributed by atoms with Crippen LogP contribution in [0.5, 0.6) is 5.75 Å². The smallest absolute Gasteiger partial charge is 0.416 e. The number of piperidine rings is 1. The number of likely N-dealkylation sites (tertiary alicyclic amines) is 1. The number of aliphatic hydroxyl groups is 1. The molecule has 2 aromatic carbocycles. The van der Waals surface area contributed by atoms with E-state index in [0.717, 1.165) is 36.0 Å². The first-order chi connectivity index (χ1) is 17.8. The minimum atomic E-state index is -4.36. The molecular weight excluding hydrogens is 484 g/mol. The maximum Gasteiger partial charge on any atom is 0.416 e. The van der Waals surface area contributed by atoms with Crippen molar-refractivity contribution in [3.63, 3.8) is 0 Å². The Bertz CT molecular complexity index is 1250. The van der Waals surface area contributed by atoms with E-state index in [1.165, 1.54) is 12.1 Å². The fraction of sp³-hybridized carbons (Fsp3) is 0.414. The summed E-state index contributed by atoms with van der Waals surface area (Å²) in [6.45, 7) is 1.89. The molecule has 3 aromatic rings. The van der Waals surface area contributed by atoms with E-state index in [0.29, 0.717) is 42.8 Å². The van der Waals surface area contributed by atoms with Gasteiger partial charge in [-0.15, -0.1) is 0 Å². The molecule has 2 heterocycles. The predicted octanol–water partition coefficient (Wildman–Crippen LogP) is 6.04. The first-order valence-corrected chi connectivity index (χ1v) is 12.3. The lowest BCUT2D eigenvalue weighted by Gasteiger charge is -2.37. The van der Waals surface area contributed by atoms with Crippen LogP contribution < -0.4 is 4.74 Å².